The van der Waals surface area contributed by atoms with Crippen LogP contribution in [0.2, 0.25) is 0 Å². The summed E-state index contributed by atoms with van der Waals surface area (Å²) in [6.07, 6.45) is 1.10. The minimum Gasteiger partial charge on any atom is -0.212 e. The predicted octanol–water partition coefficient (Wildman–Crippen LogP) is -0.846. The Morgan fingerprint density at radius 2 is 2.33 bits per heavy atom. The number of nitrogens with zero attached hydrogens (tertiary/aromatic N) is 2. The van der Waals surface area contributed by atoms with Crippen LogP contribution in [-0.4, -0.2) is 31.6 Å². The topological polar surface area (TPSA) is 60.9 Å². The summed E-state index contributed by atoms with van der Waals surface area (Å²) in [6.45, 7) is 0.370. The smallest absolute Gasteiger partial charge is 0.212 e. The Labute approximate surface area is 53.7 Å². The standard InChI is InChI=1S/C4H6N2O2S/c1-9(7,8)6-3-4(6)2-5/h4H,3H2,1H3. The van der Waals surface area contributed by atoms with E-state index in [0.717, 1.165) is 10.6 Å². The van der Waals surface area contributed by atoms with E-state index >= 15 is 0 Å². The molecular weight excluding hydrogens is 140 g/mol. The number of sulfonamides is 1. The van der Waals surface area contributed by atoms with E-state index in [9.17, 15) is 8.42 Å². The van der Waals surface area contributed by atoms with Crippen molar-refractivity contribution in [3.63, 3.8) is 0 Å². The van der Waals surface area contributed by atoms with E-state index in [1.807, 2.05) is 6.07 Å². The van der Waals surface area contributed by atoms with Crippen molar-refractivity contribution in [2.24, 2.45) is 0 Å². The van der Waals surface area contributed by atoms with Crippen molar-refractivity contribution in [2.75, 3.05) is 12.8 Å². The zero-order chi connectivity index (χ0) is 7.07. The molecule has 2 unspecified atom stereocenters. The molecule has 50 valence electrons. The average Bonchev–Trinajstić information content (AvgIpc) is 2.39. The Morgan fingerprint density at radius 1 is 1.78 bits per heavy atom. The van der Waals surface area contributed by atoms with E-state index in [-0.39, 0.29) is 6.04 Å². The van der Waals surface area contributed by atoms with Crippen molar-refractivity contribution < 1.29 is 8.42 Å². The molecule has 4 nitrogen and oxygen atoms in total. The molecule has 0 N–H and O–H groups in total. The number of hydrogen-bond donors (Lipinski definition) is 0. The lowest BCUT2D eigenvalue weighted by Gasteiger charge is -1.91. The van der Waals surface area contributed by atoms with Crippen LogP contribution in [0.25, 0.3) is 0 Å². The molecule has 0 bridgehead atoms. The first-order chi connectivity index (χ1) is 4.05. The second-order valence-electron chi connectivity index (χ2n) is 1.98. The molecule has 5 heteroatoms. The second-order valence-corrected chi connectivity index (χ2v) is 3.91. The van der Waals surface area contributed by atoms with Gasteiger partial charge in [-0.25, -0.2) is 8.42 Å². The van der Waals surface area contributed by atoms with Gasteiger partial charge in [-0.15, -0.1) is 0 Å². The van der Waals surface area contributed by atoms with Gasteiger partial charge >= 0.3 is 0 Å². The minimum absolute atomic E-state index is 0.370. The largest absolute Gasteiger partial charge is 0.212 e. The van der Waals surface area contributed by atoms with Gasteiger partial charge in [0.05, 0.1) is 12.3 Å². The van der Waals surface area contributed by atoms with Gasteiger partial charge in [-0.2, -0.15) is 9.57 Å². The minimum atomic E-state index is -3.08. The summed E-state index contributed by atoms with van der Waals surface area (Å²) in [6, 6.07) is 1.45. The Bertz CT molecular complexity index is 250. The Balaban J connectivity index is 2.66. The molecule has 1 fully saturated rings. The summed E-state index contributed by atoms with van der Waals surface area (Å²) in [5.41, 5.74) is 0. The molecular formula is C4H6N2O2S. The van der Waals surface area contributed by atoms with Gasteiger partial charge in [0.15, 0.2) is 0 Å². The predicted molar refractivity (Wildman–Crippen MR) is 31.0 cm³/mol. The molecule has 0 radical (unpaired) electrons. The lowest BCUT2D eigenvalue weighted by atomic mass is 10.6. The second kappa shape index (κ2) is 1.69. The fourth-order valence-corrected chi connectivity index (χ4v) is 1.52. The van der Waals surface area contributed by atoms with Gasteiger partial charge < -0.3 is 0 Å². The molecule has 0 aliphatic carbocycles. The summed E-state index contributed by atoms with van der Waals surface area (Å²) in [4.78, 5) is 0. The van der Waals surface area contributed by atoms with Crippen LogP contribution >= 0.6 is 0 Å². The molecule has 1 rings (SSSR count). The van der Waals surface area contributed by atoms with Crippen molar-refractivity contribution >= 4 is 10.0 Å². The molecule has 1 saturated heterocycles. The van der Waals surface area contributed by atoms with Gasteiger partial charge in [-0.3, -0.25) is 0 Å². The fourth-order valence-electron chi connectivity index (χ4n) is 0.595. The molecule has 1 heterocycles. The molecule has 1 aliphatic rings. The Kier molecular flexibility index (Phi) is 1.22. The third-order valence-corrected chi connectivity index (χ3v) is 2.40. The molecule has 9 heavy (non-hydrogen) atoms. The van der Waals surface area contributed by atoms with E-state index in [2.05, 4.69) is 0 Å². The molecule has 0 amide bonds. The molecule has 0 aromatic heterocycles. The number of hydrogen-bond acceptors (Lipinski definition) is 3. The van der Waals surface area contributed by atoms with Crippen LogP contribution in [0.4, 0.5) is 0 Å². The SMILES string of the molecule is CS(=O)(=O)N1CC1C#N. The van der Waals surface area contributed by atoms with Crippen LogP contribution in [0, 0.1) is 11.3 Å². The van der Waals surface area contributed by atoms with Gasteiger partial charge in [0.25, 0.3) is 0 Å². The Morgan fingerprint density at radius 3 is 2.44 bits per heavy atom. The fraction of sp³-hybridized carbons (Fsp3) is 0.750. The summed E-state index contributed by atoms with van der Waals surface area (Å²) in [5.74, 6) is 0. The maximum atomic E-state index is 10.5. The first-order valence-electron chi connectivity index (χ1n) is 2.42. The van der Waals surface area contributed by atoms with Crippen molar-refractivity contribution in [2.45, 2.75) is 6.04 Å². The van der Waals surface area contributed by atoms with Crippen LogP contribution in [0.3, 0.4) is 0 Å². The summed E-state index contributed by atoms with van der Waals surface area (Å²) in [5, 5.41) is 8.18. The van der Waals surface area contributed by atoms with Gasteiger partial charge in [0, 0.05) is 6.54 Å². The summed E-state index contributed by atoms with van der Waals surface area (Å²) in [7, 11) is -3.08. The van der Waals surface area contributed by atoms with Crippen molar-refractivity contribution in [3.8, 4) is 6.07 Å². The van der Waals surface area contributed by atoms with E-state index < -0.39 is 10.0 Å². The van der Waals surface area contributed by atoms with Gasteiger partial charge in [-0.1, -0.05) is 0 Å². The van der Waals surface area contributed by atoms with Crippen LogP contribution in [0.15, 0.2) is 0 Å². The maximum absolute atomic E-state index is 10.5. The van der Waals surface area contributed by atoms with E-state index in [1.54, 1.807) is 0 Å². The van der Waals surface area contributed by atoms with Crippen molar-refractivity contribution in [1.82, 2.24) is 4.31 Å². The third-order valence-electron chi connectivity index (χ3n) is 1.14. The monoisotopic (exact) mass is 146 g/mol. The quantitative estimate of drug-likeness (QED) is 0.453. The van der Waals surface area contributed by atoms with Crippen LogP contribution < -0.4 is 0 Å². The van der Waals surface area contributed by atoms with Crippen molar-refractivity contribution in [1.29, 1.82) is 5.26 Å². The zero-order valence-corrected chi connectivity index (χ0v) is 5.72. The first-order valence-corrected chi connectivity index (χ1v) is 4.27. The molecule has 0 saturated carbocycles. The lowest BCUT2D eigenvalue weighted by Crippen LogP contribution is -2.10. The highest BCUT2D eigenvalue weighted by Crippen LogP contribution is 2.19. The molecule has 0 aromatic rings. The third kappa shape index (κ3) is 1.20. The molecule has 0 aromatic carbocycles. The van der Waals surface area contributed by atoms with Crippen LogP contribution in [0.5, 0.6) is 0 Å². The Hall–Kier alpha value is -0.600. The number of nitriles is 1. The first kappa shape index (κ1) is 6.52. The van der Waals surface area contributed by atoms with Crippen LogP contribution in [0.1, 0.15) is 0 Å². The normalized spacial score (nSPS) is 33.3. The lowest BCUT2D eigenvalue weighted by molar-refractivity contribution is 0.566. The molecule has 1 aliphatic heterocycles. The zero-order valence-electron chi connectivity index (χ0n) is 4.90. The number of rotatable bonds is 1. The van der Waals surface area contributed by atoms with E-state index in [0.29, 0.717) is 6.54 Å². The van der Waals surface area contributed by atoms with Gasteiger partial charge in [-0.05, 0) is 0 Å². The summed E-state index contributed by atoms with van der Waals surface area (Å²) < 4.78 is 22.2. The van der Waals surface area contributed by atoms with Gasteiger partial charge in [0.1, 0.15) is 6.04 Å². The summed E-state index contributed by atoms with van der Waals surface area (Å²) >= 11 is 0. The van der Waals surface area contributed by atoms with E-state index in [1.165, 1.54) is 0 Å². The highest BCUT2D eigenvalue weighted by Gasteiger charge is 2.41. The van der Waals surface area contributed by atoms with Gasteiger partial charge in [0.2, 0.25) is 10.0 Å². The van der Waals surface area contributed by atoms with E-state index in [4.69, 9.17) is 5.26 Å². The average molecular weight is 146 g/mol. The molecule has 2 atom stereocenters. The van der Waals surface area contributed by atoms with Crippen LogP contribution in [-0.2, 0) is 10.0 Å². The highest BCUT2D eigenvalue weighted by molar-refractivity contribution is 7.88. The highest BCUT2D eigenvalue weighted by atomic mass is 32.2. The van der Waals surface area contributed by atoms with Crippen molar-refractivity contribution in [3.05, 3.63) is 0 Å². The maximum Gasteiger partial charge on any atom is 0.212 e. The molecule has 0 spiro atoms.